The Morgan fingerprint density at radius 1 is 1.22 bits per heavy atom. The van der Waals surface area contributed by atoms with E-state index < -0.39 is 5.82 Å². The summed E-state index contributed by atoms with van der Waals surface area (Å²) < 4.78 is 24.3. The summed E-state index contributed by atoms with van der Waals surface area (Å²) in [6.07, 6.45) is 1.48. The number of ether oxygens (including phenoxy) is 2. The van der Waals surface area contributed by atoms with Crippen molar-refractivity contribution in [1.29, 1.82) is 0 Å². The molecule has 1 amide bonds. The molecule has 0 saturated carbocycles. The maximum Gasteiger partial charge on any atom is 0.227 e. The lowest BCUT2D eigenvalue weighted by atomic mass is 10.2. The largest absolute Gasteiger partial charge is 0.494 e. The highest BCUT2D eigenvalue weighted by Crippen LogP contribution is 2.26. The highest BCUT2D eigenvalue weighted by atomic mass is 19.1. The lowest BCUT2D eigenvalue weighted by Crippen LogP contribution is -2.23. The minimum Gasteiger partial charge on any atom is -0.494 e. The van der Waals surface area contributed by atoms with Crippen LogP contribution in [0.25, 0.3) is 0 Å². The second-order valence-corrected chi connectivity index (χ2v) is 5.40. The summed E-state index contributed by atoms with van der Waals surface area (Å²) in [6.45, 7) is 0.990. The molecule has 0 bridgehead atoms. The summed E-state index contributed by atoms with van der Waals surface area (Å²) in [5.41, 5.74) is 1.55. The fraction of sp³-hybridized carbons (Fsp3) is 0.278. The van der Waals surface area contributed by atoms with E-state index in [9.17, 15) is 9.18 Å². The van der Waals surface area contributed by atoms with E-state index in [4.69, 9.17) is 9.47 Å². The van der Waals surface area contributed by atoms with Gasteiger partial charge in [0.15, 0.2) is 11.6 Å². The fourth-order valence-corrected chi connectivity index (χ4v) is 2.63. The SMILES string of the molecule is COc1ccc(COc2cccc(N3CCCC3=O)c2)cc1F. The Morgan fingerprint density at radius 2 is 2.09 bits per heavy atom. The fourth-order valence-electron chi connectivity index (χ4n) is 2.63. The minimum absolute atomic E-state index is 0.138. The second kappa shape index (κ2) is 6.69. The summed E-state index contributed by atoms with van der Waals surface area (Å²) in [6, 6.07) is 12.1. The van der Waals surface area contributed by atoms with Crippen LogP contribution in [0.5, 0.6) is 11.5 Å². The number of hydrogen-bond acceptors (Lipinski definition) is 3. The van der Waals surface area contributed by atoms with Crippen molar-refractivity contribution in [3.8, 4) is 11.5 Å². The number of benzene rings is 2. The van der Waals surface area contributed by atoms with Crippen LogP contribution in [-0.4, -0.2) is 19.6 Å². The molecule has 1 saturated heterocycles. The summed E-state index contributed by atoms with van der Waals surface area (Å²) in [4.78, 5) is 13.6. The zero-order valence-corrected chi connectivity index (χ0v) is 12.9. The second-order valence-electron chi connectivity index (χ2n) is 5.40. The van der Waals surface area contributed by atoms with Crippen molar-refractivity contribution in [3.63, 3.8) is 0 Å². The van der Waals surface area contributed by atoms with Gasteiger partial charge in [-0.1, -0.05) is 12.1 Å². The van der Waals surface area contributed by atoms with Gasteiger partial charge in [0.2, 0.25) is 5.91 Å². The maximum absolute atomic E-state index is 13.7. The van der Waals surface area contributed by atoms with Gasteiger partial charge in [0, 0.05) is 24.7 Å². The molecule has 0 unspecified atom stereocenters. The van der Waals surface area contributed by atoms with Gasteiger partial charge >= 0.3 is 0 Å². The predicted molar refractivity (Wildman–Crippen MR) is 85.3 cm³/mol. The Labute approximate surface area is 134 Å². The molecule has 2 aromatic carbocycles. The number of carbonyl (C=O) groups excluding carboxylic acids is 1. The number of hydrogen-bond donors (Lipinski definition) is 0. The quantitative estimate of drug-likeness (QED) is 0.847. The molecule has 3 rings (SSSR count). The standard InChI is InChI=1S/C18H18FNO3/c1-22-17-8-7-13(10-16(17)19)12-23-15-5-2-4-14(11-15)20-9-3-6-18(20)21/h2,4-5,7-8,10-11H,3,6,9,12H2,1H3. The van der Waals surface area contributed by atoms with Gasteiger partial charge in [0.25, 0.3) is 0 Å². The first-order chi connectivity index (χ1) is 11.2. The molecule has 4 nitrogen and oxygen atoms in total. The van der Waals surface area contributed by atoms with Crippen molar-refractivity contribution < 1.29 is 18.7 Å². The average molecular weight is 315 g/mol. The number of anilines is 1. The molecule has 0 N–H and O–H groups in total. The van der Waals surface area contributed by atoms with E-state index in [-0.39, 0.29) is 18.3 Å². The Hall–Kier alpha value is -2.56. The molecule has 120 valence electrons. The van der Waals surface area contributed by atoms with Crippen LogP contribution in [0.3, 0.4) is 0 Å². The van der Waals surface area contributed by atoms with Crippen LogP contribution in [-0.2, 0) is 11.4 Å². The van der Waals surface area contributed by atoms with Gasteiger partial charge in [-0.25, -0.2) is 4.39 Å². The molecular formula is C18H18FNO3. The van der Waals surface area contributed by atoms with Gasteiger partial charge in [-0.3, -0.25) is 4.79 Å². The molecule has 0 radical (unpaired) electrons. The highest BCUT2D eigenvalue weighted by Gasteiger charge is 2.21. The summed E-state index contributed by atoms with van der Waals surface area (Å²) in [5.74, 6) is 0.589. The van der Waals surface area contributed by atoms with Crippen molar-refractivity contribution >= 4 is 11.6 Å². The topological polar surface area (TPSA) is 38.8 Å². The van der Waals surface area contributed by atoms with Gasteiger partial charge in [-0.05, 0) is 36.2 Å². The monoisotopic (exact) mass is 315 g/mol. The number of methoxy groups -OCH3 is 1. The van der Waals surface area contributed by atoms with Crippen LogP contribution in [0.2, 0.25) is 0 Å². The van der Waals surface area contributed by atoms with E-state index >= 15 is 0 Å². The molecule has 23 heavy (non-hydrogen) atoms. The molecule has 0 aromatic heterocycles. The lowest BCUT2D eigenvalue weighted by molar-refractivity contribution is -0.117. The minimum atomic E-state index is -0.412. The van der Waals surface area contributed by atoms with Crippen LogP contribution in [0, 0.1) is 5.82 Å². The van der Waals surface area contributed by atoms with Crippen molar-refractivity contribution in [3.05, 3.63) is 53.8 Å². The van der Waals surface area contributed by atoms with E-state index in [0.29, 0.717) is 17.7 Å². The number of halogens is 1. The number of amides is 1. The van der Waals surface area contributed by atoms with Crippen molar-refractivity contribution in [1.82, 2.24) is 0 Å². The van der Waals surface area contributed by atoms with Gasteiger partial charge in [0.05, 0.1) is 7.11 Å². The summed E-state index contributed by atoms with van der Waals surface area (Å²) in [5, 5.41) is 0. The Kier molecular flexibility index (Phi) is 4.46. The Bertz CT molecular complexity index is 717. The van der Waals surface area contributed by atoms with Crippen LogP contribution in [0.4, 0.5) is 10.1 Å². The predicted octanol–water partition coefficient (Wildman–Crippen LogP) is 3.54. The zero-order valence-electron chi connectivity index (χ0n) is 12.9. The molecule has 1 aliphatic rings. The Balaban J connectivity index is 1.69. The van der Waals surface area contributed by atoms with Gasteiger partial charge < -0.3 is 14.4 Å². The van der Waals surface area contributed by atoms with E-state index in [0.717, 1.165) is 18.7 Å². The first kappa shape index (κ1) is 15.3. The summed E-state index contributed by atoms with van der Waals surface area (Å²) >= 11 is 0. The molecule has 1 fully saturated rings. The summed E-state index contributed by atoms with van der Waals surface area (Å²) in [7, 11) is 1.43. The molecule has 0 atom stereocenters. The molecule has 0 spiro atoms. The highest BCUT2D eigenvalue weighted by molar-refractivity contribution is 5.95. The number of rotatable bonds is 5. The van der Waals surface area contributed by atoms with Crippen LogP contribution in [0.1, 0.15) is 18.4 Å². The molecule has 5 heteroatoms. The van der Waals surface area contributed by atoms with Gasteiger partial charge in [-0.2, -0.15) is 0 Å². The van der Waals surface area contributed by atoms with Gasteiger partial charge in [0.1, 0.15) is 12.4 Å². The van der Waals surface area contributed by atoms with Gasteiger partial charge in [-0.15, -0.1) is 0 Å². The van der Waals surface area contributed by atoms with Crippen molar-refractivity contribution in [2.24, 2.45) is 0 Å². The first-order valence-corrected chi connectivity index (χ1v) is 7.53. The van der Waals surface area contributed by atoms with E-state index in [1.807, 2.05) is 24.3 Å². The molecule has 1 heterocycles. The Morgan fingerprint density at radius 3 is 2.78 bits per heavy atom. The van der Waals surface area contributed by atoms with Crippen LogP contribution in [0.15, 0.2) is 42.5 Å². The van der Waals surface area contributed by atoms with Crippen LogP contribution >= 0.6 is 0 Å². The van der Waals surface area contributed by atoms with E-state index in [1.165, 1.54) is 13.2 Å². The lowest BCUT2D eigenvalue weighted by Gasteiger charge is -2.16. The maximum atomic E-state index is 13.7. The average Bonchev–Trinajstić information content (AvgIpc) is 2.99. The molecule has 1 aliphatic heterocycles. The molecule has 2 aromatic rings. The number of carbonyl (C=O) groups is 1. The molecule has 0 aliphatic carbocycles. The van der Waals surface area contributed by atoms with Crippen LogP contribution < -0.4 is 14.4 Å². The smallest absolute Gasteiger partial charge is 0.227 e. The molecular weight excluding hydrogens is 297 g/mol. The number of nitrogens with zero attached hydrogens (tertiary/aromatic N) is 1. The van der Waals surface area contributed by atoms with E-state index in [2.05, 4.69) is 0 Å². The van der Waals surface area contributed by atoms with E-state index in [1.54, 1.807) is 17.0 Å². The third-order valence-corrected chi connectivity index (χ3v) is 3.82. The van der Waals surface area contributed by atoms with Crippen molar-refractivity contribution in [2.75, 3.05) is 18.6 Å². The zero-order chi connectivity index (χ0) is 16.2. The first-order valence-electron chi connectivity index (χ1n) is 7.53. The third-order valence-electron chi connectivity index (χ3n) is 3.82. The van der Waals surface area contributed by atoms with Crippen molar-refractivity contribution in [2.45, 2.75) is 19.4 Å². The third kappa shape index (κ3) is 3.44. The normalized spacial score (nSPS) is 14.2.